The van der Waals surface area contributed by atoms with Crippen molar-refractivity contribution in [1.29, 1.82) is 0 Å². The zero-order valence-electron chi connectivity index (χ0n) is 8.93. The Hall–Kier alpha value is -1.65. The maximum atomic E-state index is 10.7. The van der Waals surface area contributed by atoms with E-state index in [1.165, 1.54) is 6.20 Å². The Balaban J connectivity index is 2.72. The summed E-state index contributed by atoms with van der Waals surface area (Å²) in [7, 11) is 0. The molecular formula is C10H15N3O2. The number of aromatic nitrogens is 1. The molecule has 1 rings (SSSR count). The van der Waals surface area contributed by atoms with Crippen molar-refractivity contribution in [2.75, 3.05) is 11.9 Å². The van der Waals surface area contributed by atoms with Gasteiger partial charge in [-0.3, -0.25) is 15.1 Å². The maximum absolute atomic E-state index is 10.7. The first-order valence-corrected chi connectivity index (χ1v) is 4.97. The molecule has 0 aliphatic rings. The summed E-state index contributed by atoms with van der Waals surface area (Å²) in [4.78, 5) is 14.0. The van der Waals surface area contributed by atoms with Crippen LogP contribution in [0, 0.1) is 16.0 Å². The van der Waals surface area contributed by atoms with E-state index in [9.17, 15) is 10.1 Å². The molecule has 0 fully saturated rings. The monoisotopic (exact) mass is 209 g/mol. The molecule has 1 N–H and O–H groups in total. The lowest BCUT2D eigenvalue weighted by Gasteiger charge is -2.10. The molecule has 5 nitrogen and oxygen atoms in total. The fraction of sp³-hybridized carbons (Fsp3) is 0.500. The van der Waals surface area contributed by atoms with E-state index < -0.39 is 4.92 Å². The van der Waals surface area contributed by atoms with E-state index in [1.807, 2.05) is 0 Å². The number of pyridine rings is 1. The molecule has 5 heteroatoms. The zero-order valence-corrected chi connectivity index (χ0v) is 8.93. The second kappa shape index (κ2) is 5.29. The zero-order chi connectivity index (χ0) is 11.3. The molecule has 0 bridgehead atoms. The number of nitrogens with zero attached hydrogens (tertiary/aromatic N) is 2. The molecule has 1 atom stereocenters. The molecule has 15 heavy (non-hydrogen) atoms. The van der Waals surface area contributed by atoms with Crippen molar-refractivity contribution in [3.63, 3.8) is 0 Å². The summed E-state index contributed by atoms with van der Waals surface area (Å²) in [5, 5.41) is 13.7. The third kappa shape index (κ3) is 3.19. The third-order valence-electron chi connectivity index (χ3n) is 2.33. The van der Waals surface area contributed by atoms with Gasteiger partial charge < -0.3 is 5.32 Å². The second-order valence-corrected chi connectivity index (χ2v) is 3.54. The quantitative estimate of drug-likeness (QED) is 0.597. The predicted molar refractivity (Wildman–Crippen MR) is 58.8 cm³/mol. The summed E-state index contributed by atoms with van der Waals surface area (Å²) in [6.45, 7) is 4.93. The first kappa shape index (κ1) is 11.4. The molecule has 0 saturated carbocycles. The Morgan fingerprint density at radius 1 is 1.67 bits per heavy atom. The number of rotatable bonds is 5. The van der Waals surface area contributed by atoms with Crippen molar-refractivity contribution >= 4 is 11.4 Å². The van der Waals surface area contributed by atoms with Crippen LogP contribution in [0.4, 0.5) is 11.4 Å². The van der Waals surface area contributed by atoms with Crippen molar-refractivity contribution in [1.82, 2.24) is 4.98 Å². The van der Waals surface area contributed by atoms with Gasteiger partial charge in [0.15, 0.2) is 0 Å². The van der Waals surface area contributed by atoms with Crippen molar-refractivity contribution in [2.24, 2.45) is 5.92 Å². The molecule has 0 radical (unpaired) electrons. The van der Waals surface area contributed by atoms with Crippen LogP contribution < -0.4 is 5.32 Å². The van der Waals surface area contributed by atoms with Crippen LogP contribution in [0.3, 0.4) is 0 Å². The summed E-state index contributed by atoms with van der Waals surface area (Å²) < 4.78 is 0. The Bertz CT molecular complexity index is 341. The van der Waals surface area contributed by atoms with Crippen LogP contribution in [-0.2, 0) is 0 Å². The summed E-state index contributed by atoms with van der Waals surface area (Å²) in [5.41, 5.74) is 0.566. The summed E-state index contributed by atoms with van der Waals surface area (Å²) in [5.74, 6) is 0.498. The van der Waals surface area contributed by atoms with Gasteiger partial charge in [0.05, 0.1) is 4.92 Å². The summed E-state index contributed by atoms with van der Waals surface area (Å²) >= 11 is 0. The molecule has 1 unspecified atom stereocenters. The van der Waals surface area contributed by atoms with Gasteiger partial charge in [-0.2, -0.15) is 0 Å². The minimum Gasteiger partial charge on any atom is -0.379 e. The van der Waals surface area contributed by atoms with Crippen LogP contribution in [0.25, 0.3) is 0 Å². The molecule has 0 aliphatic heterocycles. The molecule has 0 aromatic carbocycles. The topological polar surface area (TPSA) is 68.1 Å². The van der Waals surface area contributed by atoms with Gasteiger partial charge in [0.2, 0.25) is 0 Å². The lowest BCUT2D eigenvalue weighted by molar-refractivity contribution is -0.384. The van der Waals surface area contributed by atoms with Crippen LogP contribution in [0.5, 0.6) is 0 Å². The van der Waals surface area contributed by atoms with Gasteiger partial charge >= 0.3 is 5.69 Å². The molecule has 1 heterocycles. The maximum Gasteiger partial charge on any atom is 0.310 e. The van der Waals surface area contributed by atoms with E-state index in [1.54, 1.807) is 12.3 Å². The Morgan fingerprint density at radius 3 is 3.00 bits per heavy atom. The first-order chi connectivity index (χ1) is 7.15. The molecule has 1 aromatic heterocycles. The van der Waals surface area contributed by atoms with Gasteiger partial charge in [-0.1, -0.05) is 20.3 Å². The SMILES string of the molecule is CCC(C)CNc1ccncc1[N+](=O)[O-]. The fourth-order valence-corrected chi connectivity index (χ4v) is 1.11. The normalized spacial score (nSPS) is 12.1. The van der Waals surface area contributed by atoms with Crippen molar-refractivity contribution in [3.8, 4) is 0 Å². The van der Waals surface area contributed by atoms with Crippen LogP contribution in [0.2, 0.25) is 0 Å². The van der Waals surface area contributed by atoms with E-state index in [0.717, 1.165) is 13.0 Å². The number of nitrogens with one attached hydrogen (secondary N) is 1. The highest BCUT2D eigenvalue weighted by Gasteiger charge is 2.12. The lowest BCUT2D eigenvalue weighted by atomic mass is 10.1. The number of anilines is 1. The number of hydrogen-bond donors (Lipinski definition) is 1. The number of hydrogen-bond acceptors (Lipinski definition) is 4. The Labute approximate surface area is 88.7 Å². The predicted octanol–water partition coefficient (Wildman–Crippen LogP) is 2.45. The molecule has 0 amide bonds. The van der Waals surface area contributed by atoms with E-state index in [-0.39, 0.29) is 5.69 Å². The summed E-state index contributed by atoms with van der Waals surface area (Å²) in [6, 6.07) is 1.63. The van der Waals surface area contributed by atoms with Crippen LogP contribution in [-0.4, -0.2) is 16.5 Å². The van der Waals surface area contributed by atoms with Crippen molar-refractivity contribution in [2.45, 2.75) is 20.3 Å². The van der Waals surface area contributed by atoms with E-state index in [2.05, 4.69) is 24.1 Å². The minimum atomic E-state index is -0.425. The molecule has 1 aromatic rings. The second-order valence-electron chi connectivity index (χ2n) is 3.54. The molecule has 0 saturated heterocycles. The number of nitro groups is 1. The van der Waals surface area contributed by atoms with Gasteiger partial charge in [0.25, 0.3) is 0 Å². The van der Waals surface area contributed by atoms with Crippen LogP contribution in [0.15, 0.2) is 18.5 Å². The van der Waals surface area contributed by atoms with Gasteiger partial charge in [-0.05, 0) is 12.0 Å². The standard InChI is InChI=1S/C10H15N3O2/c1-3-8(2)6-12-9-4-5-11-7-10(9)13(14)15/h4-5,7-8H,3,6H2,1-2H3,(H,11,12). The molecule has 0 aliphatic carbocycles. The Kier molecular flexibility index (Phi) is 4.03. The van der Waals surface area contributed by atoms with E-state index in [0.29, 0.717) is 11.6 Å². The van der Waals surface area contributed by atoms with E-state index in [4.69, 9.17) is 0 Å². The van der Waals surface area contributed by atoms with Crippen molar-refractivity contribution in [3.05, 3.63) is 28.6 Å². The highest BCUT2D eigenvalue weighted by molar-refractivity contribution is 5.59. The molecule has 0 spiro atoms. The van der Waals surface area contributed by atoms with Gasteiger partial charge in [-0.15, -0.1) is 0 Å². The molecular weight excluding hydrogens is 194 g/mol. The Morgan fingerprint density at radius 2 is 2.40 bits per heavy atom. The lowest BCUT2D eigenvalue weighted by Crippen LogP contribution is -2.11. The minimum absolute atomic E-state index is 0.0285. The largest absolute Gasteiger partial charge is 0.379 e. The first-order valence-electron chi connectivity index (χ1n) is 4.97. The van der Waals surface area contributed by atoms with Crippen molar-refractivity contribution < 1.29 is 4.92 Å². The average molecular weight is 209 g/mol. The summed E-state index contributed by atoms with van der Waals surface area (Å²) in [6.07, 6.45) is 3.86. The van der Waals surface area contributed by atoms with Crippen LogP contribution >= 0.6 is 0 Å². The highest BCUT2D eigenvalue weighted by atomic mass is 16.6. The smallest absolute Gasteiger partial charge is 0.310 e. The van der Waals surface area contributed by atoms with Gasteiger partial charge in [0, 0.05) is 12.7 Å². The highest BCUT2D eigenvalue weighted by Crippen LogP contribution is 2.22. The fourth-order valence-electron chi connectivity index (χ4n) is 1.11. The van der Waals surface area contributed by atoms with Gasteiger partial charge in [-0.25, -0.2) is 0 Å². The molecule has 82 valence electrons. The van der Waals surface area contributed by atoms with E-state index >= 15 is 0 Å². The average Bonchev–Trinajstić information content (AvgIpc) is 2.26. The third-order valence-corrected chi connectivity index (χ3v) is 2.33. The van der Waals surface area contributed by atoms with Crippen LogP contribution in [0.1, 0.15) is 20.3 Å². The van der Waals surface area contributed by atoms with Gasteiger partial charge in [0.1, 0.15) is 11.9 Å².